The molecule has 1 atom stereocenters. The van der Waals surface area contributed by atoms with Gasteiger partial charge in [-0.05, 0) is 49.4 Å². The summed E-state index contributed by atoms with van der Waals surface area (Å²) in [5.41, 5.74) is 3.25. The highest BCUT2D eigenvalue weighted by Gasteiger charge is 2.30. The third kappa shape index (κ3) is 5.65. The summed E-state index contributed by atoms with van der Waals surface area (Å²) in [6, 6.07) is 14.7. The molecular weight excluding hydrogens is 355 g/mol. The average Bonchev–Trinajstić information content (AvgIpc) is 2.68. The SMILES string of the molecule is Cc1ccc(CCCNC(=O)[C@H]2CCC(=O)N(Cc3cccc(F)c3)C2)cc1. The summed E-state index contributed by atoms with van der Waals surface area (Å²) in [6.07, 6.45) is 2.74. The molecule has 5 heteroatoms. The zero-order valence-electron chi connectivity index (χ0n) is 16.3. The molecule has 0 bridgehead atoms. The quantitative estimate of drug-likeness (QED) is 0.744. The van der Waals surface area contributed by atoms with Gasteiger partial charge in [0.2, 0.25) is 11.8 Å². The third-order valence-corrected chi connectivity index (χ3v) is 5.20. The third-order valence-electron chi connectivity index (χ3n) is 5.20. The number of carbonyl (C=O) groups excluding carboxylic acids is 2. The maximum Gasteiger partial charge on any atom is 0.224 e. The molecule has 0 saturated carbocycles. The lowest BCUT2D eigenvalue weighted by molar-refractivity contribution is -0.138. The lowest BCUT2D eigenvalue weighted by Crippen LogP contribution is -2.45. The van der Waals surface area contributed by atoms with E-state index in [-0.39, 0.29) is 23.5 Å². The van der Waals surface area contributed by atoms with Crippen LogP contribution in [-0.2, 0) is 22.6 Å². The van der Waals surface area contributed by atoms with E-state index in [1.54, 1.807) is 17.0 Å². The molecule has 0 unspecified atom stereocenters. The largest absolute Gasteiger partial charge is 0.356 e. The molecule has 1 aliphatic rings. The normalized spacial score (nSPS) is 16.9. The molecule has 0 aromatic heterocycles. The first kappa shape index (κ1) is 20.1. The maximum absolute atomic E-state index is 13.4. The van der Waals surface area contributed by atoms with E-state index in [1.807, 2.05) is 0 Å². The van der Waals surface area contributed by atoms with Crippen molar-refractivity contribution in [3.8, 4) is 0 Å². The van der Waals surface area contributed by atoms with Crippen molar-refractivity contribution >= 4 is 11.8 Å². The van der Waals surface area contributed by atoms with Crippen LogP contribution in [0.1, 0.15) is 36.0 Å². The second kappa shape index (κ2) is 9.49. The predicted octanol–water partition coefficient (Wildman–Crippen LogP) is 3.62. The molecule has 2 amide bonds. The molecule has 0 radical (unpaired) electrons. The van der Waals surface area contributed by atoms with Crippen LogP contribution in [0.25, 0.3) is 0 Å². The first-order valence-corrected chi connectivity index (χ1v) is 9.87. The van der Waals surface area contributed by atoms with Gasteiger partial charge >= 0.3 is 0 Å². The van der Waals surface area contributed by atoms with Gasteiger partial charge in [0.05, 0.1) is 5.92 Å². The maximum atomic E-state index is 13.4. The summed E-state index contributed by atoms with van der Waals surface area (Å²) in [6.45, 7) is 3.42. The van der Waals surface area contributed by atoms with Crippen LogP contribution in [0.2, 0.25) is 0 Å². The van der Waals surface area contributed by atoms with Crippen LogP contribution in [0.3, 0.4) is 0 Å². The lowest BCUT2D eigenvalue weighted by Gasteiger charge is -2.32. The standard InChI is InChI=1S/C23H27FN2O2/c1-17-7-9-18(10-8-17)5-3-13-25-23(28)20-11-12-22(27)26(16-20)15-19-4-2-6-21(24)14-19/h2,4,6-10,14,20H,3,5,11-13,15-16H2,1H3,(H,25,28)/t20-/m0/s1. The van der Waals surface area contributed by atoms with Crippen LogP contribution in [0.5, 0.6) is 0 Å². The molecule has 2 aromatic rings. The minimum atomic E-state index is -0.315. The Labute approximate surface area is 165 Å². The molecule has 0 spiro atoms. The second-order valence-electron chi connectivity index (χ2n) is 7.52. The Morgan fingerprint density at radius 3 is 2.71 bits per heavy atom. The van der Waals surface area contributed by atoms with Gasteiger partial charge in [-0.3, -0.25) is 9.59 Å². The van der Waals surface area contributed by atoms with Crippen molar-refractivity contribution in [1.29, 1.82) is 0 Å². The second-order valence-corrected chi connectivity index (χ2v) is 7.52. The summed E-state index contributed by atoms with van der Waals surface area (Å²) in [7, 11) is 0. The zero-order valence-corrected chi connectivity index (χ0v) is 16.3. The van der Waals surface area contributed by atoms with Crippen molar-refractivity contribution in [3.63, 3.8) is 0 Å². The summed E-state index contributed by atoms with van der Waals surface area (Å²) < 4.78 is 13.4. The first-order valence-electron chi connectivity index (χ1n) is 9.87. The average molecular weight is 382 g/mol. The Balaban J connectivity index is 1.45. The number of likely N-dealkylation sites (tertiary alicyclic amines) is 1. The fraction of sp³-hybridized carbons (Fsp3) is 0.391. The van der Waals surface area contributed by atoms with E-state index in [2.05, 4.69) is 36.5 Å². The van der Waals surface area contributed by atoms with Crippen LogP contribution < -0.4 is 5.32 Å². The Bertz CT molecular complexity index is 820. The van der Waals surface area contributed by atoms with Crippen molar-refractivity contribution in [1.82, 2.24) is 10.2 Å². The van der Waals surface area contributed by atoms with Gasteiger partial charge in [0, 0.05) is 26.1 Å². The molecule has 1 heterocycles. The summed E-state index contributed by atoms with van der Waals surface area (Å²) in [5.74, 6) is -0.496. The van der Waals surface area contributed by atoms with E-state index in [0.29, 0.717) is 32.5 Å². The molecule has 3 rings (SSSR count). The van der Waals surface area contributed by atoms with Crippen molar-refractivity contribution < 1.29 is 14.0 Å². The van der Waals surface area contributed by atoms with Gasteiger partial charge in [0.1, 0.15) is 5.82 Å². The van der Waals surface area contributed by atoms with E-state index >= 15 is 0 Å². The van der Waals surface area contributed by atoms with Gasteiger partial charge < -0.3 is 10.2 Å². The number of hydrogen-bond donors (Lipinski definition) is 1. The number of amides is 2. The van der Waals surface area contributed by atoms with Gasteiger partial charge in [-0.2, -0.15) is 0 Å². The number of halogens is 1. The molecule has 1 aliphatic heterocycles. The number of nitrogens with one attached hydrogen (secondary N) is 1. The van der Waals surface area contributed by atoms with Crippen LogP contribution >= 0.6 is 0 Å². The number of benzene rings is 2. The van der Waals surface area contributed by atoms with Crippen molar-refractivity contribution in [2.24, 2.45) is 5.92 Å². The van der Waals surface area contributed by atoms with E-state index in [4.69, 9.17) is 0 Å². The fourth-order valence-corrected chi connectivity index (χ4v) is 3.54. The smallest absolute Gasteiger partial charge is 0.224 e. The van der Waals surface area contributed by atoms with E-state index in [9.17, 15) is 14.0 Å². The lowest BCUT2D eigenvalue weighted by atomic mass is 9.96. The van der Waals surface area contributed by atoms with Gasteiger partial charge in [0.15, 0.2) is 0 Å². The Morgan fingerprint density at radius 2 is 1.96 bits per heavy atom. The number of aryl methyl sites for hydroxylation is 2. The van der Waals surface area contributed by atoms with Crippen LogP contribution in [-0.4, -0.2) is 29.8 Å². The zero-order chi connectivity index (χ0) is 19.9. The fourth-order valence-electron chi connectivity index (χ4n) is 3.54. The monoisotopic (exact) mass is 382 g/mol. The van der Waals surface area contributed by atoms with Crippen LogP contribution in [0, 0.1) is 18.7 Å². The highest BCUT2D eigenvalue weighted by Crippen LogP contribution is 2.20. The highest BCUT2D eigenvalue weighted by atomic mass is 19.1. The van der Waals surface area contributed by atoms with Crippen LogP contribution in [0.4, 0.5) is 4.39 Å². The van der Waals surface area contributed by atoms with Gasteiger partial charge in [0.25, 0.3) is 0 Å². The minimum Gasteiger partial charge on any atom is -0.356 e. The Kier molecular flexibility index (Phi) is 6.80. The van der Waals surface area contributed by atoms with Crippen LogP contribution in [0.15, 0.2) is 48.5 Å². The number of carbonyl (C=O) groups is 2. The highest BCUT2D eigenvalue weighted by molar-refractivity contribution is 5.83. The molecule has 1 N–H and O–H groups in total. The van der Waals surface area contributed by atoms with E-state index < -0.39 is 0 Å². The molecule has 1 saturated heterocycles. The van der Waals surface area contributed by atoms with Crippen molar-refractivity contribution in [2.45, 2.75) is 39.2 Å². The summed E-state index contributed by atoms with van der Waals surface area (Å²) >= 11 is 0. The number of rotatable bonds is 7. The van der Waals surface area contributed by atoms with Gasteiger partial charge in [-0.15, -0.1) is 0 Å². The minimum absolute atomic E-state index is 0.000600. The molecule has 2 aromatic carbocycles. The number of hydrogen-bond acceptors (Lipinski definition) is 2. The van der Waals surface area contributed by atoms with Gasteiger partial charge in [-0.1, -0.05) is 42.0 Å². The molecule has 1 fully saturated rings. The molecule has 28 heavy (non-hydrogen) atoms. The van der Waals surface area contributed by atoms with Crippen molar-refractivity contribution in [3.05, 3.63) is 71.0 Å². The molecule has 0 aliphatic carbocycles. The predicted molar refractivity (Wildman–Crippen MR) is 107 cm³/mol. The Hall–Kier alpha value is -2.69. The van der Waals surface area contributed by atoms with Gasteiger partial charge in [-0.25, -0.2) is 4.39 Å². The van der Waals surface area contributed by atoms with Crippen molar-refractivity contribution in [2.75, 3.05) is 13.1 Å². The summed E-state index contributed by atoms with van der Waals surface area (Å²) in [4.78, 5) is 26.4. The first-order chi connectivity index (χ1) is 13.5. The topological polar surface area (TPSA) is 49.4 Å². The molecule has 148 valence electrons. The molecular formula is C23H27FN2O2. The number of piperidine rings is 1. The number of nitrogens with zero attached hydrogens (tertiary/aromatic N) is 1. The summed E-state index contributed by atoms with van der Waals surface area (Å²) in [5, 5.41) is 3.01. The van der Waals surface area contributed by atoms with E-state index in [0.717, 1.165) is 18.4 Å². The Morgan fingerprint density at radius 1 is 1.18 bits per heavy atom. The molecule has 4 nitrogen and oxygen atoms in total. The van der Waals surface area contributed by atoms with E-state index in [1.165, 1.54) is 23.3 Å².